The normalized spacial score (nSPS) is 10.2. The van der Waals surface area contributed by atoms with E-state index in [1.807, 2.05) is 6.07 Å². The predicted octanol–water partition coefficient (Wildman–Crippen LogP) is 3.44. The van der Waals surface area contributed by atoms with Gasteiger partial charge < -0.3 is 20.5 Å². The van der Waals surface area contributed by atoms with E-state index in [1.165, 1.54) is 0 Å². The van der Waals surface area contributed by atoms with Crippen LogP contribution in [0.4, 0.5) is 11.8 Å². The van der Waals surface area contributed by atoms with Gasteiger partial charge in [-0.1, -0.05) is 6.92 Å². The maximum atomic E-state index is 5.74. The summed E-state index contributed by atoms with van der Waals surface area (Å²) in [6, 6.07) is 7.13. The molecule has 1 aromatic heterocycles. The van der Waals surface area contributed by atoms with Gasteiger partial charge >= 0.3 is 0 Å². The van der Waals surface area contributed by atoms with Gasteiger partial charge in [0, 0.05) is 12.6 Å². The third-order valence-corrected chi connectivity index (χ3v) is 3.25. The molecule has 0 fully saturated rings. The molecule has 21 heavy (non-hydrogen) atoms. The molecule has 112 valence electrons. The van der Waals surface area contributed by atoms with Crippen molar-refractivity contribution in [3.05, 3.63) is 28.7 Å². The average Bonchev–Trinajstić information content (AvgIpc) is 2.46. The molecule has 0 aliphatic carbocycles. The Hall–Kier alpha value is -2.02. The molecule has 2 aromatic rings. The van der Waals surface area contributed by atoms with Crippen molar-refractivity contribution in [2.24, 2.45) is 0 Å². The van der Waals surface area contributed by atoms with Gasteiger partial charge in [0.1, 0.15) is 17.3 Å². The minimum Gasteiger partial charge on any atom is -0.497 e. The monoisotopic (exact) mass is 352 g/mol. The molecular formula is C14H17BrN4O2. The summed E-state index contributed by atoms with van der Waals surface area (Å²) in [4.78, 5) is 8.18. The van der Waals surface area contributed by atoms with Crippen molar-refractivity contribution >= 4 is 27.7 Å². The second-order valence-corrected chi connectivity index (χ2v) is 5.13. The molecule has 0 saturated heterocycles. The molecule has 0 spiro atoms. The van der Waals surface area contributed by atoms with Crippen LogP contribution >= 0.6 is 15.9 Å². The van der Waals surface area contributed by atoms with E-state index in [2.05, 4.69) is 38.1 Å². The van der Waals surface area contributed by atoms with Gasteiger partial charge in [-0.05, 0) is 40.5 Å². The highest BCUT2D eigenvalue weighted by Gasteiger charge is 2.08. The van der Waals surface area contributed by atoms with Crippen LogP contribution in [0, 0.1) is 0 Å². The quantitative estimate of drug-likeness (QED) is 0.828. The maximum Gasteiger partial charge on any atom is 0.226 e. The molecular weight excluding hydrogens is 336 g/mol. The molecule has 0 saturated carbocycles. The first-order valence-electron chi connectivity index (χ1n) is 6.52. The highest BCUT2D eigenvalue weighted by molar-refractivity contribution is 9.10. The lowest BCUT2D eigenvalue weighted by Crippen LogP contribution is -2.05. The fourth-order valence-corrected chi connectivity index (χ4v) is 2.08. The number of ether oxygens (including phenoxy) is 2. The molecule has 6 nitrogen and oxygen atoms in total. The summed E-state index contributed by atoms with van der Waals surface area (Å²) in [5.74, 6) is 2.55. The first kappa shape index (κ1) is 15.4. The Kier molecular flexibility index (Phi) is 5.21. The Bertz CT molecular complexity index is 622. The SMILES string of the molecule is CCCNc1cc(Oc2ccc(OC)cc2Br)nc(N)n1. The van der Waals surface area contributed by atoms with E-state index in [0.29, 0.717) is 17.4 Å². The second kappa shape index (κ2) is 7.12. The number of nitrogen functional groups attached to an aromatic ring is 1. The molecule has 2 rings (SSSR count). The molecule has 0 aliphatic rings. The number of nitrogens with zero attached hydrogens (tertiary/aromatic N) is 2. The Balaban J connectivity index is 2.20. The topological polar surface area (TPSA) is 82.3 Å². The number of nitrogens with one attached hydrogen (secondary N) is 1. The van der Waals surface area contributed by atoms with Gasteiger partial charge in [-0.3, -0.25) is 0 Å². The third-order valence-electron chi connectivity index (χ3n) is 2.63. The zero-order valence-corrected chi connectivity index (χ0v) is 13.5. The van der Waals surface area contributed by atoms with Crippen LogP contribution in [0.15, 0.2) is 28.7 Å². The van der Waals surface area contributed by atoms with Crippen molar-refractivity contribution in [1.29, 1.82) is 0 Å². The summed E-state index contributed by atoms with van der Waals surface area (Å²) < 4.78 is 11.6. The molecule has 0 amide bonds. The number of nitrogens with two attached hydrogens (primary N) is 1. The molecule has 0 atom stereocenters. The fraction of sp³-hybridized carbons (Fsp3) is 0.286. The number of rotatable bonds is 6. The van der Waals surface area contributed by atoms with Crippen LogP contribution in [-0.4, -0.2) is 23.6 Å². The zero-order chi connectivity index (χ0) is 15.2. The number of halogens is 1. The van der Waals surface area contributed by atoms with Crippen molar-refractivity contribution < 1.29 is 9.47 Å². The van der Waals surface area contributed by atoms with Crippen LogP contribution in [0.25, 0.3) is 0 Å². The summed E-state index contributed by atoms with van der Waals surface area (Å²) in [7, 11) is 1.61. The van der Waals surface area contributed by atoms with E-state index >= 15 is 0 Å². The van der Waals surface area contributed by atoms with Crippen LogP contribution in [0.5, 0.6) is 17.4 Å². The Morgan fingerprint density at radius 1 is 1.29 bits per heavy atom. The lowest BCUT2D eigenvalue weighted by Gasteiger charge is -2.10. The first-order chi connectivity index (χ1) is 10.1. The average molecular weight is 353 g/mol. The Morgan fingerprint density at radius 2 is 2.10 bits per heavy atom. The summed E-state index contributed by atoms with van der Waals surface area (Å²) >= 11 is 3.43. The molecule has 3 N–H and O–H groups in total. The fourth-order valence-electron chi connectivity index (χ4n) is 1.64. The second-order valence-electron chi connectivity index (χ2n) is 4.27. The Morgan fingerprint density at radius 3 is 2.76 bits per heavy atom. The number of benzene rings is 1. The van der Waals surface area contributed by atoms with Crippen LogP contribution < -0.4 is 20.5 Å². The van der Waals surface area contributed by atoms with Gasteiger partial charge in [0.05, 0.1) is 11.6 Å². The minimum absolute atomic E-state index is 0.163. The predicted molar refractivity (Wildman–Crippen MR) is 86.0 cm³/mol. The van der Waals surface area contributed by atoms with Gasteiger partial charge in [-0.25, -0.2) is 0 Å². The number of hydrogen-bond acceptors (Lipinski definition) is 6. The minimum atomic E-state index is 0.163. The van der Waals surface area contributed by atoms with E-state index in [1.54, 1.807) is 25.3 Å². The molecule has 1 heterocycles. The first-order valence-corrected chi connectivity index (χ1v) is 7.31. The van der Waals surface area contributed by atoms with Crippen molar-refractivity contribution in [2.45, 2.75) is 13.3 Å². The van der Waals surface area contributed by atoms with Crippen molar-refractivity contribution in [3.63, 3.8) is 0 Å². The van der Waals surface area contributed by atoms with E-state index in [0.717, 1.165) is 23.2 Å². The van der Waals surface area contributed by atoms with E-state index in [9.17, 15) is 0 Å². The molecule has 7 heteroatoms. The van der Waals surface area contributed by atoms with E-state index in [4.69, 9.17) is 15.2 Å². The summed E-state index contributed by atoms with van der Waals surface area (Å²) in [5, 5.41) is 3.15. The van der Waals surface area contributed by atoms with Gasteiger partial charge in [-0.15, -0.1) is 0 Å². The van der Waals surface area contributed by atoms with Crippen LogP contribution in [0.1, 0.15) is 13.3 Å². The number of anilines is 2. The molecule has 0 aliphatic heterocycles. The summed E-state index contributed by atoms with van der Waals surface area (Å²) in [6.45, 7) is 2.88. The van der Waals surface area contributed by atoms with E-state index < -0.39 is 0 Å². The summed E-state index contributed by atoms with van der Waals surface area (Å²) in [6.07, 6.45) is 0.990. The molecule has 0 radical (unpaired) electrons. The largest absolute Gasteiger partial charge is 0.497 e. The van der Waals surface area contributed by atoms with Gasteiger partial charge in [0.2, 0.25) is 11.8 Å². The number of hydrogen-bond donors (Lipinski definition) is 2. The lowest BCUT2D eigenvalue weighted by atomic mass is 10.3. The van der Waals surface area contributed by atoms with Gasteiger partial charge in [0.25, 0.3) is 0 Å². The van der Waals surface area contributed by atoms with Gasteiger partial charge in [0.15, 0.2) is 0 Å². The van der Waals surface area contributed by atoms with Crippen molar-refractivity contribution in [3.8, 4) is 17.4 Å². The number of aromatic nitrogens is 2. The van der Waals surface area contributed by atoms with Crippen molar-refractivity contribution in [1.82, 2.24) is 9.97 Å². The molecule has 0 bridgehead atoms. The molecule has 0 unspecified atom stereocenters. The maximum absolute atomic E-state index is 5.74. The van der Waals surface area contributed by atoms with Crippen molar-refractivity contribution in [2.75, 3.05) is 24.7 Å². The lowest BCUT2D eigenvalue weighted by molar-refractivity contribution is 0.411. The zero-order valence-electron chi connectivity index (χ0n) is 11.9. The highest BCUT2D eigenvalue weighted by Crippen LogP contribution is 2.32. The molecule has 1 aromatic carbocycles. The smallest absolute Gasteiger partial charge is 0.226 e. The highest BCUT2D eigenvalue weighted by atomic mass is 79.9. The van der Waals surface area contributed by atoms with Gasteiger partial charge in [-0.2, -0.15) is 9.97 Å². The van der Waals surface area contributed by atoms with Crippen LogP contribution in [0.2, 0.25) is 0 Å². The third kappa shape index (κ3) is 4.22. The Labute approximate surface area is 131 Å². The van der Waals surface area contributed by atoms with Crippen LogP contribution in [0.3, 0.4) is 0 Å². The van der Waals surface area contributed by atoms with E-state index in [-0.39, 0.29) is 5.95 Å². The number of methoxy groups -OCH3 is 1. The summed E-state index contributed by atoms with van der Waals surface area (Å²) in [5.41, 5.74) is 5.69. The standard InChI is InChI=1S/C14H17BrN4O2/c1-3-6-17-12-8-13(19-14(16)18-12)21-11-5-4-9(20-2)7-10(11)15/h4-5,7-8H,3,6H2,1-2H3,(H3,16,17,18,19). The van der Waals surface area contributed by atoms with Crippen LogP contribution in [-0.2, 0) is 0 Å².